The number of nitrogens with one attached hydrogen (secondary N) is 1. The number of aliphatic hydroxyl groups is 1. The molecule has 0 saturated carbocycles. The number of hydrogen-bond donors (Lipinski definition) is 2. The van der Waals surface area contributed by atoms with Crippen LogP contribution in [-0.4, -0.2) is 49.7 Å². The Morgan fingerprint density at radius 2 is 2.10 bits per heavy atom. The second kappa shape index (κ2) is 7.21. The van der Waals surface area contributed by atoms with E-state index in [9.17, 15) is 13.5 Å². The molecule has 7 heteroatoms. The van der Waals surface area contributed by atoms with Gasteiger partial charge in [-0.15, -0.1) is 0 Å². The summed E-state index contributed by atoms with van der Waals surface area (Å²) in [7, 11) is -1.58. The van der Waals surface area contributed by atoms with Gasteiger partial charge < -0.3 is 14.6 Å². The summed E-state index contributed by atoms with van der Waals surface area (Å²) in [5, 5.41) is 9.28. The Labute approximate surface area is 121 Å². The SMILES string of the molecule is CCN(C)CCNS(=O)(=O)c1cc(CO)n(C(C)C)c1. The van der Waals surface area contributed by atoms with Crippen LogP contribution in [0.15, 0.2) is 17.2 Å². The molecule has 0 saturated heterocycles. The first-order chi connectivity index (χ1) is 9.31. The Morgan fingerprint density at radius 1 is 1.45 bits per heavy atom. The van der Waals surface area contributed by atoms with E-state index in [1.54, 1.807) is 10.8 Å². The number of rotatable bonds is 8. The third-order valence-electron chi connectivity index (χ3n) is 3.26. The van der Waals surface area contributed by atoms with E-state index >= 15 is 0 Å². The van der Waals surface area contributed by atoms with Crippen LogP contribution >= 0.6 is 0 Å². The Hall–Kier alpha value is -0.890. The van der Waals surface area contributed by atoms with Crippen molar-refractivity contribution in [1.82, 2.24) is 14.2 Å². The Balaban J connectivity index is 2.82. The summed E-state index contributed by atoms with van der Waals surface area (Å²) in [6.45, 7) is 7.64. The molecule has 0 aromatic carbocycles. The average Bonchev–Trinajstić information content (AvgIpc) is 2.83. The maximum absolute atomic E-state index is 12.2. The van der Waals surface area contributed by atoms with Gasteiger partial charge in [-0.05, 0) is 33.5 Å². The number of sulfonamides is 1. The van der Waals surface area contributed by atoms with Crippen molar-refractivity contribution >= 4 is 10.0 Å². The molecule has 1 aromatic heterocycles. The van der Waals surface area contributed by atoms with E-state index in [1.807, 2.05) is 32.7 Å². The lowest BCUT2D eigenvalue weighted by molar-refractivity contribution is 0.268. The van der Waals surface area contributed by atoms with Gasteiger partial charge in [-0.25, -0.2) is 13.1 Å². The number of aliphatic hydroxyl groups excluding tert-OH is 1. The van der Waals surface area contributed by atoms with E-state index in [2.05, 4.69) is 4.72 Å². The summed E-state index contributed by atoms with van der Waals surface area (Å²) >= 11 is 0. The molecular formula is C13H25N3O3S. The van der Waals surface area contributed by atoms with Gasteiger partial charge >= 0.3 is 0 Å². The normalized spacial score (nSPS) is 12.6. The smallest absolute Gasteiger partial charge is 0.242 e. The number of likely N-dealkylation sites (N-methyl/N-ethyl adjacent to an activating group) is 1. The molecule has 0 amide bonds. The Morgan fingerprint density at radius 3 is 2.55 bits per heavy atom. The lowest BCUT2D eigenvalue weighted by Gasteiger charge is -2.13. The van der Waals surface area contributed by atoms with Crippen LogP contribution in [-0.2, 0) is 16.6 Å². The highest BCUT2D eigenvalue weighted by Gasteiger charge is 2.18. The summed E-state index contributed by atoms with van der Waals surface area (Å²) in [5.74, 6) is 0. The van der Waals surface area contributed by atoms with E-state index in [0.29, 0.717) is 18.8 Å². The van der Waals surface area contributed by atoms with E-state index < -0.39 is 10.0 Å². The fourth-order valence-electron chi connectivity index (χ4n) is 1.86. The van der Waals surface area contributed by atoms with Crippen molar-refractivity contribution in [3.05, 3.63) is 18.0 Å². The molecule has 2 N–H and O–H groups in total. The predicted molar refractivity (Wildman–Crippen MR) is 79.1 cm³/mol. The quantitative estimate of drug-likeness (QED) is 0.744. The third kappa shape index (κ3) is 4.31. The van der Waals surface area contributed by atoms with Crippen LogP contribution in [0.2, 0.25) is 0 Å². The predicted octanol–water partition coefficient (Wildman–Crippen LogP) is 0.791. The van der Waals surface area contributed by atoms with E-state index in [0.717, 1.165) is 6.54 Å². The van der Waals surface area contributed by atoms with Crippen molar-refractivity contribution in [2.45, 2.75) is 38.3 Å². The monoisotopic (exact) mass is 303 g/mol. The van der Waals surface area contributed by atoms with Crippen molar-refractivity contribution in [1.29, 1.82) is 0 Å². The summed E-state index contributed by atoms with van der Waals surface area (Å²) in [6, 6.07) is 1.62. The topological polar surface area (TPSA) is 74.6 Å². The van der Waals surface area contributed by atoms with Gasteiger partial charge in [0.2, 0.25) is 10.0 Å². The van der Waals surface area contributed by atoms with Crippen LogP contribution in [0, 0.1) is 0 Å². The molecule has 0 bridgehead atoms. The minimum absolute atomic E-state index is 0.104. The molecule has 0 radical (unpaired) electrons. The van der Waals surface area contributed by atoms with Crippen LogP contribution in [0.4, 0.5) is 0 Å². The maximum atomic E-state index is 12.2. The largest absolute Gasteiger partial charge is 0.390 e. The van der Waals surface area contributed by atoms with Crippen molar-refractivity contribution in [2.24, 2.45) is 0 Å². The molecule has 0 aliphatic rings. The highest BCUT2D eigenvalue weighted by molar-refractivity contribution is 7.89. The minimum Gasteiger partial charge on any atom is -0.390 e. The second-order valence-electron chi connectivity index (χ2n) is 5.12. The van der Waals surface area contributed by atoms with Crippen molar-refractivity contribution in [2.75, 3.05) is 26.7 Å². The highest BCUT2D eigenvalue weighted by Crippen LogP contribution is 2.18. The third-order valence-corrected chi connectivity index (χ3v) is 4.69. The Kier molecular flexibility index (Phi) is 6.19. The zero-order chi connectivity index (χ0) is 15.3. The van der Waals surface area contributed by atoms with Gasteiger partial charge in [0.05, 0.1) is 11.5 Å². The summed E-state index contributed by atoms with van der Waals surface area (Å²) < 4.78 is 28.7. The minimum atomic E-state index is -3.52. The molecule has 1 heterocycles. The molecule has 0 spiro atoms. The average molecular weight is 303 g/mol. The van der Waals surface area contributed by atoms with E-state index in [4.69, 9.17) is 0 Å². The van der Waals surface area contributed by atoms with Crippen LogP contribution in [0.3, 0.4) is 0 Å². The molecule has 0 aliphatic carbocycles. The van der Waals surface area contributed by atoms with Gasteiger partial charge in [0.1, 0.15) is 0 Å². The Bertz CT molecular complexity index is 523. The maximum Gasteiger partial charge on any atom is 0.242 e. The molecule has 6 nitrogen and oxygen atoms in total. The second-order valence-corrected chi connectivity index (χ2v) is 6.89. The molecular weight excluding hydrogens is 278 g/mol. The molecule has 1 aromatic rings. The van der Waals surface area contributed by atoms with Gasteiger partial charge in [-0.1, -0.05) is 6.92 Å². The van der Waals surface area contributed by atoms with Crippen LogP contribution in [0.5, 0.6) is 0 Å². The number of hydrogen-bond acceptors (Lipinski definition) is 4. The lowest BCUT2D eigenvalue weighted by Crippen LogP contribution is -2.32. The van der Waals surface area contributed by atoms with Crippen molar-refractivity contribution in [3.8, 4) is 0 Å². The summed E-state index contributed by atoms with van der Waals surface area (Å²) in [6.07, 6.45) is 1.57. The standard InChI is InChI=1S/C13H25N3O3S/c1-5-15(4)7-6-14-20(18,19)13-8-12(10-17)16(9-13)11(2)3/h8-9,11,14,17H,5-7,10H2,1-4H3. The molecule has 20 heavy (non-hydrogen) atoms. The summed E-state index contributed by atoms with van der Waals surface area (Å²) in [5.41, 5.74) is 0.603. The van der Waals surface area contributed by atoms with Crippen LogP contribution in [0.25, 0.3) is 0 Å². The zero-order valence-electron chi connectivity index (χ0n) is 12.6. The lowest BCUT2D eigenvalue weighted by atomic mass is 10.3. The first-order valence-electron chi connectivity index (χ1n) is 6.81. The molecule has 116 valence electrons. The van der Waals surface area contributed by atoms with Gasteiger partial charge in [-0.2, -0.15) is 0 Å². The molecule has 0 atom stereocenters. The van der Waals surface area contributed by atoms with Gasteiger partial charge in [0, 0.05) is 31.0 Å². The zero-order valence-corrected chi connectivity index (χ0v) is 13.4. The van der Waals surface area contributed by atoms with E-state index in [-0.39, 0.29) is 17.5 Å². The van der Waals surface area contributed by atoms with Gasteiger partial charge in [-0.3, -0.25) is 0 Å². The van der Waals surface area contributed by atoms with Gasteiger partial charge in [0.25, 0.3) is 0 Å². The molecule has 0 fully saturated rings. The van der Waals surface area contributed by atoms with Gasteiger partial charge in [0.15, 0.2) is 0 Å². The van der Waals surface area contributed by atoms with Crippen LogP contribution < -0.4 is 4.72 Å². The molecule has 0 aliphatic heterocycles. The summed E-state index contributed by atoms with van der Waals surface area (Å²) in [4.78, 5) is 2.23. The fraction of sp³-hybridized carbons (Fsp3) is 0.692. The first kappa shape index (κ1) is 17.2. The van der Waals surface area contributed by atoms with E-state index in [1.165, 1.54) is 6.07 Å². The number of nitrogens with zero attached hydrogens (tertiary/aromatic N) is 2. The van der Waals surface area contributed by atoms with Crippen LogP contribution in [0.1, 0.15) is 32.5 Å². The molecule has 0 unspecified atom stereocenters. The first-order valence-corrected chi connectivity index (χ1v) is 8.30. The fourth-order valence-corrected chi connectivity index (χ4v) is 2.93. The highest BCUT2D eigenvalue weighted by atomic mass is 32.2. The number of aromatic nitrogens is 1. The van der Waals surface area contributed by atoms with Crippen molar-refractivity contribution < 1.29 is 13.5 Å². The van der Waals surface area contributed by atoms with Crippen molar-refractivity contribution in [3.63, 3.8) is 0 Å². The molecule has 1 rings (SSSR count).